The smallest absolute Gasteiger partial charge is 0.327 e. The number of H-pyrrole nitrogens is 1. The number of aromatic nitrogens is 5. The van der Waals surface area contributed by atoms with Crippen molar-refractivity contribution in [2.45, 2.75) is 52.9 Å². The van der Waals surface area contributed by atoms with Gasteiger partial charge in [0.25, 0.3) is 5.56 Å². The quantitative estimate of drug-likeness (QED) is 0.256. The number of fused-ring (bicyclic) bond motifs is 1. The van der Waals surface area contributed by atoms with Crippen LogP contribution in [0.1, 0.15) is 50.2 Å². The summed E-state index contributed by atoms with van der Waals surface area (Å²) in [6.07, 6.45) is 0.623. The van der Waals surface area contributed by atoms with Gasteiger partial charge in [0.05, 0.1) is 26.4 Å². The van der Waals surface area contributed by atoms with Gasteiger partial charge in [-0.05, 0) is 61.0 Å². The van der Waals surface area contributed by atoms with Crippen LogP contribution in [0.5, 0.6) is 11.5 Å². The number of benzene rings is 2. The van der Waals surface area contributed by atoms with Gasteiger partial charge in [0.1, 0.15) is 18.0 Å². The first kappa shape index (κ1) is 27.8. The molecule has 4 rings (SSSR count). The number of carbonyl (C=O) groups excluding carboxylic acids is 1. The Morgan fingerprint density at radius 1 is 1.05 bits per heavy atom. The lowest BCUT2D eigenvalue weighted by atomic mass is 10.1. The first-order valence-electron chi connectivity index (χ1n) is 13.0. The molecule has 0 radical (unpaired) electrons. The molecule has 1 N–H and O–H groups in total. The van der Waals surface area contributed by atoms with Gasteiger partial charge in [-0.3, -0.25) is 14.5 Å². The predicted molar refractivity (Wildman–Crippen MR) is 145 cm³/mol. The number of para-hydroxylation sites is 1. The number of methoxy groups -OCH3 is 1. The summed E-state index contributed by atoms with van der Waals surface area (Å²) in [6, 6.07) is 14.9. The molecule has 2 aromatic carbocycles. The van der Waals surface area contributed by atoms with Crippen LogP contribution in [0.25, 0.3) is 10.9 Å². The molecule has 0 spiro atoms. The monoisotopic (exact) mass is 534 g/mol. The standard InChI is InChI=1S/C28H34N6O5/c1-5-24(27-30-31-32-34(27)18-26(35)39-7-3)33(16-19-10-8-9-11-25(19)37-4)17-21-14-20-15-22(38-6-2)12-13-23(20)29-28(21)36/h8-15,24H,5-7,16-18H2,1-4H3,(H,29,36). The fourth-order valence-corrected chi connectivity index (χ4v) is 4.65. The van der Waals surface area contributed by atoms with Gasteiger partial charge in [0.2, 0.25) is 0 Å². The molecule has 0 amide bonds. The van der Waals surface area contributed by atoms with Crippen LogP contribution in [0.15, 0.2) is 53.3 Å². The molecule has 0 aliphatic carbocycles. The number of esters is 1. The molecule has 206 valence electrons. The molecule has 11 heteroatoms. The summed E-state index contributed by atoms with van der Waals surface area (Å²) in [5.74, 6) is 1.56. The van der Waals surface area contributed by atoms with Crippen molar-refractivity contribution >= 4 is 16.9 Å². The number of tetrazole rings is 1. The van der Waals surface area contributed by atoms with Crippen LogP contribution < -0.4 is 15.0 Å². The van der Waals surface area contributed by atoms with Crippen LogP contribution in [-0.4, -0.2) is 56.4 Å². The largest absolute Gasteiger partial charge is 0.496 e. The molecular formula is C28H34N6O5. The third-order valence-corrected chi connectivity index (χ3v) is 6.41. The average molecular weight is 535 g/mol. The Morgan fingerprint density at radius 3 is 2.59 bits per heavy atom. The minimum Gasteiger partial charge on any atom is -0.496 e. The number of aromatic amines is 1. The topological polar surface area (TPSA) is 124 Å². The van der Waals surface area contributed by atoms with Crippen LogP contribution in [0.3, 0.4) is 0 Å². The van der Waals surface area contributed by atoms with Gasteiger partial charge in [-0.2, -0.15) is 0 Å². The van der Waals surface area contributed by atoms with Gasteiger partial charge in [0.15, 0.2) is 5.82 Å². The second kappa shape index (κ2) is 13.0. The summed E-state index contributed by atoms with van der Waals surface area (Å²) in [5.41, 5.74) is 2.07. The van der Waals surface area contributed by atoms with Crippen LogP contribution in [0, 0.1) is 0 Å². The van der Waals surface area contributed by atoms with Gasteiger partial charge < -0.3 is 19.2 Å². The summed E-state index contributed by atoms with van der Waals surface area (Å²) in [6.45, 7) is 7.15. The van der Waals surface area contributed by atoms with Gasteiger partial charge in [0, 0.05) is 35.1 Å². The molecule has 4 aromatic rings. The van der Waals surface area contributed by atoms with Gasteiger partial charge in [-0.1, -0.05) is 25.1 Å². The highest BCUT2D eigenvalue weighted by atomic mass is 16.5. The fraction of sp³-hybridized carbons (Fsp3) is 0.393. The lowest BCUT2D eigenvalue weighted by Crippen LogP contribution is -2.33. The molecule has 0 fully saturated rings. The zero-order valence-corrected chi connectivity index (χ0v) is 22.7. The molecule has 0 saturated heterocycles. The molecule has 0 bridgehead atoms. The van der Waals surface area contributed by atoms with E-state index in [2.05, 4.69) is 25.4 Å². The molecule has 11 nitrogen and oxygen atoms in total. The number of rotatable bonds is 13. The van der Waals surface area contributed by atoms with Crippen molar-refractivity contribution in [3.05, 3.63) is 75.8 Å². The highest BCUT2D eigenvalue weighted by molar-refractivity contribution is 5.80. The zero-order valence-electron chi connectivity index (χ0n) is 22.7. The Kier molecular flexibility index (Phi) is 9.27. The molecule has 39 heavy (non-hydrogen) atoms. The highest BCUT2D eigenvalue weighted by Gasteiger charge is 2.27. The Labute approximate surface area is 226 Å². The van der Waals surface area contributed by atoms with E-state index in [4.69, 9.17) is 14.2 Å². The number of ether oxygens (including phenoxy) is 3. The van der Waals surface area contributed by atoms with Crippen LogP contribution in [0.4, 0.5) is 0 Å². The van der Waals surface area contributed by atoms with E-state index in [1.807, 2.05) is 62.4 Å². The maximum absolute atomic E-state index is 13.2. The van der Waals surface area contributed by atoms with E-state index < -0.39 is 5.97 Å². The van der Waals surface area contributed by atoms with Crippen molar-refractivity contribution in [3.63, 3.8) is 0 Å². The minimum absolute atomic E-state index is 0.105. The Morgan fingerprint density at radius 2 is 1.85 bits per heavy atom. The first-order valence-corrected chi connectivity index (χ1v) is 13.0. The predicted octanol–water partition coefficient (Wildman–Crippen LogP) is 3.64. The van der Waals surface area contributed by atoms with E-state index in [-0.39, 0.29) is 24.8 Å². The summed E-state index contributed by atoms with van der Waals surface area (Å²) in [4.78, 5) is 30.5. The number of hydrogen-bond acceptors (Lipinski definition) is 9. The number of pyridine rings is 1. The number of carbonyl (C=O) groups is 1. The summed E-state index contributed by atoms with van der Waals surface area (Å²) in [5, 5.41) is 13.0. The van der Waals surface area contributed by atoms with E-state index in [9.17, 15) is 9.59 Å². The maximum Gasteiger partial charge on any atom is 0.327 e. The summed E-state index contributed by atoms with van der Waals surface area (Å²) in [7, 11) is 1.63. The van der Waals surface area contributed by atoms with Crippen LogP contribution in [-0.2, 0) is 29.2 Å². The second-order valence-electron chi connectivity index (χ2n) is 8.95. The number of nitrogens with zero attached hydrogens (tertiary/aromatic N) is 5. The van der Waals surface area contributed by atoms with Crippen molar-refractivity contribution < 1.29 is 19.0 Å². The third-order valence-electron chi connectivity index (χ3n) is 6.41. The third kappa shape index (κ3) is 6.61. The van der Waals surface area contributed by atoms with Gasteiger partial charge in [-0.15, -0.1) is 5.10 Å². The normalized spacial score (nSPS) is 12.0. The van der Waals surface area contributed by atoms with Crippen LogP contribution >= 0.6 is 0 Å². The lowest BCUT2D eigenvalue weighted by Gasteiger charge is -2.30. The Hall–Kier alpha value is -4.25. The van der Waals surface area contributed by atoms with Crippen molar-refractivity contribution in [2.75, 3.05) is 20.3 Å². The van der Waals surface area contributed by atoms with E-state index in [1.165, 1.54) is 4.68 Å². The SMILES string of the molecule is CCOC(=O)Cn1nnnc1C(CC)N(Cc1ccccc1OC)Cc1cc2cc(OCC)ccc2[nH]c1=O. The number of nitrogens with one attached hydrogen (secondary N) is 1. The first-order chi connectivity index (χ1) is 19.0. The van der Waals surface area contributed by atoms with Crippen molar-refractivity contribution in [1.82, 2.24) is 30.1 Å². The Balaban J connectivity index is 1.75. The molecule has 1 unspecified atom stereocenters. The molecule has 0 saturated carbocycles. The minimum atomic E-state index is -0.423. The Bertz CT molecular complexity index is 1470. The van der Waals surface area contributed by atoms with E-state index in [0.29, 0.717) is 37.5 Å². The fourth-order valence-electron chi connectivity index (χ4n) is 4.65. The van der Waals surface area contributed by atoms with E-state index in [1.54, 1.807) is 14.0 Å². The molecular weight excluding hydrogens is 500 g/mol. The van der Waals surface area contributed by atoms with E-state index in [0.717, 1.165) is 28.0 Å². The molecule has 0 aliphatic rings. The molecule has 1 atom stereocenters. The highest BCUT2D eigenvalue weighted by Crippen LogP contribution is 2.29. The van der Waals surface area contributed by atoms with Gasteiger partial charge >= 0.3 is 5.97 Å². The van der Waals surface area contributed by atoms with Crippen molar-refractivity contribution in [3.8, 4) is 11.5 Å². The van der Waals surface area contributed by atoms with Crippen molar-refractivity contribution in [2.24, 2.45) is 0 Å². The molecule has 2 aromatic heterocycles. The molecule has 0 aliphatic heterocycles. The second-order valence-corrected chi connectivity index (χ2v) is 8.95. The van der Waals surface area contributed by atoms with E-state index >= 15 is 0 Å². The average Bonchev–Trinajstić information content (AvgIpc) is 3.37. The summed E-state index contributed by atoms with van der Waals surface area (Å²) < 4.78 is 17.8. The van der Waals surface area contributed by atoms with Gasteiger partial charge in [-0.25, -0.2) is 4.68 Å². The maximum atomic E-state index is 13.2. The van der Waals surface area contributed by atoms with Crippen molar-refractivity contribution in [1.29, 1.82) is 0 Å². The lowest BCUT2D eigenvalue weighted by molar-refractivity contribution is -0.144. The van der Waals surface area contributed by atoms with Crippen LogP contribution in [0.2, 0.25) is 0 Å². The number of hydrogen-bond donors (Lipinski definition) is 1. The zero-order chi connectivity index (χ0) is 27.8. The molecule has 2 heterocycles. The summed E-state index contributed by atoms with van der Waals surface area (Å²) >= 11 is 0.